The van der Waals surface area contributed by atoms with Gasteiger partial charge >= 0.3 is 5.97 Å². The Morgan fingerprint density at radius 2 is 2.33 bits per heavy atom. The van der Waals surface area contributed by atoms with Crippen molar-refractivity contribution in [2.24, 2.45) is 5.73 Å². The zero-order chi connectivity index (χ0) is 11.4. The molecule has 0 saturated heterocycles. The lowest BCUT2D eigenvalue weighted by molar-refractivity contribution is -0.140. The first-order chi connectivity index (χ1) is 6.99. The molecule has 1 atom stereocenters. The Bertz CT molecular complexity index is 380. The summed E-state index contributed by atoms with van der Waals surface area (Å²) in [6.45, 7) is 0. The van der Waals surface area contributed by atoms with Crippen molar-refractivity contribution in [2.75, 3.05) is 5.32 Å². The highest BCUT2D eigenvalue weighted by atomic mass is 79.9. The fourth-order valence-electron chi connectivity index (χ4n) is 0.854. The fraction of sp³-hybridized carbons (Fsp3) is 0.250. The number of nitrogens with one attached hydrogen (secondary N) is 1. The van der Waals surface area contributed by atoms with Crippen molar-refractivity contribution in [1.82, 2.24) is 0 Å². The quantitative estimate of drug-likeness (QED) is 0.779. The minimum atomic E-state index is -1.18. The summed E-state index contributed by atoms with van der Waals surface area (Å²) >= 11 is 4.58. The molecule has 4 N–H and O–H groups in total. The molecule has 0 bridgehead atoms. The SMILES string of the molecule is NC(CC(=O)Nc1cc(Br)cs1)C(=O)O. The number of carbonyl (C=O) groups is 2. The summed E-state index contributed by atoms with van der Waals surface area (Å²) in [5.74, 6) is -1.59. The number of carboxylic acid groups (broad SMARTS) is 1. The Hall–Kier alpha value is -0.920. The van der Waals surface area contributed by atoms with Crippen molar-refractivity contribution in [3.8, 4) is 0 Å². The van der Waals surface area contributed by atoms with E-state index >= 15 is 0 Å². The summed E-state index contributed by atoms with van der Waals surface area (Å²) in [6.07, 6.45) is -0.231. The van der Waals surface area contributed by atoms with Crippen LogP contribution in [-0.4, -0.2) is 23.0 Å². The Labute approximate surface area is 98.4 Å². The van der Waals surface area contributed by atoms with Crippen LogP contribution in [0.15, 0.2) is 15.9 Å². The zero-order valence-electron chi connectivity index (χ0n) is 7.57. The second-order valence-electron chi connectivity index (χ2n) is 2.83. The van der Waals surface area contributed by atoms with E-state index in [0.29, 0.717) is 5.00 Å². The molecule has 0 saturated carbocycles. The minimum absolute atomic E-state index is 0.231. The molecule has 0 spiro atoms. The average Bonchev–Trinajstić information content (AvgIpc) is 2.50. The molecule has 0 aliphatic heterocycles. The lowest BCUT2D eigenvalue weighted by Crippen LogP contribution is -2.34. The van der Waals surface area contributed by atoms with Gasteiger partial charge in [-0.3, -0.25) is 9.59 Å². The second kappa shape index (κ2) is 5.24. The van der Waals surface area contributed by atoms with Crippen molar-refractivity contribution in [1.29, 1.82) is 0 Å². The lowest BCUT2D eigenvalue weighted by Gasteiger charge is -2.05. The number of carboxylic acids is 1. The summed E-state index contributed by atoms with van der Waals surface area (Å²) in [5, 5.41) is 13.5. The van der Waals surface area contributed by atoms with Gasteiger partial charge in [-0.2, -0.15) is 0 Å². The van der Waals surface area contributed by atoms with E-state index < -0.39 is 17.9 Å². The van der Waals surface area contributed by atoms with Crippen LogP contribution in [0, 0.1) is 0 Å². The summed E-state index contributed by atoms with van der Waals surface area (Å²) in [4.78, 5) is 21.7. The van der Waals surface area contributed by atoms with Crippen LogP contribution in [0.5, 0.6) is 0 Å². The van der Waals surface area contributed by atoms with Crippen LogP contribution in [0.25, 0.3) is 0 Å². The topological polar surface area (TPSA) is 92.4 Å². The number of hydrogen-bond donors (Lipinski definition) is 3. The number of thiophene rings is 1. The van der Waals surface area contributed by atoms with Crippen LogP contribution < -0.4 is 11.1 Å². The number of nitrogens with two attached hydrogens (primary N) is 1. The summed E-state index contributed by atoms with van der Waals surface area (Å²) < 4.78 is 0.866. The van der Waals surface area contributed by atoms with E-state index in [9.17, 15) is 9.59 Å². The monoisotopic (exact) mass is 292 g/mol. The molecule has 0 aliphatic carbocycles. The number of hydrogen-bond acceptors (Lipinski definition) is 4. The van der Waals surface area contributed by atoms with Crippen molar-refractivity contribution >= 4 is 44.1 Å². The molecule has 0 aromatic carbocycles. The van der Waals surface area contributed by atoms with Gasteiger partial charge in [-0.15, -0.1) is 11.3 Å². The third-order valence-electron chi connectivity index (χ3n) is 1.55. The first-order valence-corrected chi connectivity index (χ1v) is 5.68. The molecule has 5 nitrogen and oxygen atoms in total. The van der Waals surface area contributed by atoms with Crippen LogP contribution in [-0.2, 0) is 9.59 Å². The van der Waals surface area contributed by atoms with Crippen LogP contribution in [0.1, 0.15) is 6.42 Å². The summed E-state index contributed by atoms with van der Waals surface area (Å²) in [5.41, 5.74) is 5.21. The molecule has 1 rings (SSSR count). The van der Waals surface area contributed by atoms with Crippen LogP contribution >= 0.6 is 27.3 Å². The minimum Gasteiger partial charge on any atom is -0.480 e. The molecule has 0 radical (unpaired) electrons. The molecular weight excluding hydrogens is 284 g/mol. The van der Waals surface area contributed by atoms with Crippen LogP contribution in [0.4, 0.5) is 5.00 Å². The number of amides is 1. The summed E-state index contributed by atoms with van der Waals surface area (Å²) in [7, 11) is 0. The average molecular weight is 293 g/mol. The smallest absolute Gasteiger partial charge is 0.321 e. The van der Waals surface area contributed by atoms with Crippen molar-refractivity contribution in [3.05, 3.63) is 15.9 Å². The Balaban J connectivity index is 2.46. The number of carbonyl (C=O) groups excluding carboxylic acids is 1. The van der Waals surface area contributed by atoms with Gasteiger partial charge in [0.2, 0.25) is 5.91 Å². The molecule has 1 amide bonds. The molecule has 0 fully saturated rings. The number of rotatable bonds is 4. The highest BCUT2D eigenvalue weighted by Gasteiger charge is 2.16. The van der Waals surface area contributed by atoms with Gasteiger partial charge in [0.05, 0.1) is 11.4 Å². The highest BCUT2D eigenvalue weighted by molar-refractivity contribution is 9.10. The maximum absolute atomic E-state index is 11.3. The third-order valence-corrected chi connectivity index (χ3v) is 3.16. The maximum atomic E-state index is 11.3. The first-order valence-electron chi connectivity index (χ1n) is 4.01. The Kier molecular flexibility index (Phi) is 4.25. The molecule has 1 heterocycles. The van der Waals surface area contributed by atoms with E-state index in [1.165, 1.54) is 11.3 Å². The van der Waals surface area contributed by atoms with Gasteiger partial charge in [-0.1, -0.05) is 0 Å². The Morgan fingerprint density at radius 3 is 2.80 bits per heavy atom. The van der Waals surface area contributed by atoms with Gasteiger partial charge in [-0.25, -0.2) is 0 Å². The predicted octanol–water partition coefficient (Wildman–Crippen LogP) is 1.25. The molecule has 15 heavy (non-hydrogen) atoms. The van der Waals surface area contributed by atoms with Gasteiger partial charge in [0.25, 0.3) is 0 Å². The maximum Gasteiger partial charge on any atom is 0.321 e. The molecule has 1 aromatic heterocycles. The van der Waals surface area contributed by atoms with E-state index in [2.05, 4.69) is 21.2 Å². The molecule has 1 aromatic rings. The lowest BCUT2D eigenvalue weighted by atomic mass is 10.2. The van der Waals surface area contributed by atoms with Crippen molar-refractivity contribution in [2.45, 2.75) is 12.5 Å². The molecule has 7 heteroatoms. The molecule has 1 unspecified atom stereocenters. The van der Waals surface area contributed by atoms with Gasteiger partial charge in [0.15, 0.2) is 0 Å². The van der Waals surface area contributed by atoms with E-state index in [1.54, 1.807) is 6.07 Å². The standard InChI is InChI=1S/C8H9BrN2O3S/c9-4-1-7(15-3-4)11-6(12)2-5(10)8(13)14/h1,3,5H,2,10H2,(H,11,12)(H,13,14). The Morgan fingerprint density at radius 1 is 1.67 bits per heavy atom. The van der Waals surface area contributed by atoms with E-state index in [-0.39, 0.29) is 6.42 Å². The molecular formula is C8H9BrN2O3S. The van der Waals surface area contributed by atoms with Gasteiger partial charge in [0, 0.05) is 9.85 Å². The first kappa shape index (κ1) is 12.2. The van der Waals surface area contributed by atoms with E-state index in [1.807, 2.05) is 5.38 Å². The number of aliphatic carboxylic acids is 1. The molecule has 0 aliphatic rings. The van der Waals surface area contributed by atoms with Gasteiger partial charge in [-0.05, 0) is 22.0 Å². The van der Waals surface area contributed by atoms with Crippen LogP contribution in [0.3, 0.4) is 0 Å². The van der Waals surface area contributed by atoms with Gasteiger partial charge < -0.3 is 16.2 Å². The highest BCUT2D eigenvalue weighted by Crippen LogP contribution is 2.24. The molecule has 82 valence electrons. The summed E-state index contributed by atoms with van der Waals surface area (Å²) in [6, 6.07) is 0.572. The van der Waals surface area contributed by atoms with Crippen molar-refractivity contribution in [3.63, 3.8) is 0 Å². The zero-order valence-corrected chi connectivity index (χ0v) is 9.97. The third kappa shape index (κ3) is 3.98. The van der Waals surface area contributed by atoms with Crippen LogP contribution in [0.2, 0.25) is 0 Å². The fourth-order valence-corrected chi connectivity index (χ4v) is 2.19. The van der Waals surface area contributed by atoms with Crippen molar-refractivity contribution < 1.29 is 14.7 Å². The largest absolute Gasteiger partial charge is 0.480 e. The normalized spacial score (nSPS) is 12.1. The predicted molar refractivity (Wildman–Crippen MR) is 60.9 cm³/mol. The van der Waals surface area contributed by atoms with E-state index in [4.69, 9.17) is 10.8 Å². The second-order valence-corrected chi connectivity index (χ2v) is 4.65. The van der Waals surface area contributed by atoms with E-state index in [0.717, 1.165) is 4.47 Å². The van der Waals surface area contributed by atoms with Gasteiger partial charge in [0.1, 0.15) is 6.04 Å². The number of halogens is 1. The number of anilines is 1.